The molecule has 1 aliphatic heterocycles. The van der Waals surface area contributed by atoms with Crippen molar-refractivity contribution in [2.45, 2.75) is 56.7 Å². The van der Waals surface area contributed by atoms with Crippen molar-refractivity contribution in [3.05, 3.63) is 41.5 Å². The molecule has 3 atom stereocenters. The molecule has 1 aromatic carbocycles. The number of aliphatic hydroxyl groups excluding tert-OH is 1. The van der Waals surface area contributed by atoms with E-state index >= 15 is 0 Å². The van der Waals surface area contributed by atoms with Crippen LogP contribution in [0.5, 0.6) is 0 Å². The number of carbonyl (C=O) groups is 1. The Hall–Kier alpha value is -1.69. The smallest absolute Gasteiger partial charge is 0.237 e. The van der Waals surface area contributed by atoms with Crippen LogP contribution in [0, 0.1) is 0 Å². The number of amides is 1. The van der Waals surface area contributed by atoms with E-state index in [0.29, 0.717) is 12.6 Å². The Labute approximate surface area is 169 Å². The van der Waals surface area contributed by atoms with E-state index in [9.17, 15) is 9.90 Å². The summed E-state index contributed by atoms with van der Waals surface area (Å²) in [5.74, 6) is 0.272. The molecule has 0 aromatic heterocycles. The first-order valence-corrected chi connectivity index (χ1v) is 10.6. The van der Waals surface area contributed by atoms with E-state index in [1.165, 1.54) is 36.8 Å². The van der Waals surface area contributed by atoms with Crippen molar-refractivity contribution in [3.8, 4) is 0 Å². The molecule has 154 valence electrons. The van der Waals surface area contributed by atoms with Gasteiger partial charge in [-0.1, -0.05) is 49.3 Å². The van der Waals surface area contributed by atoms with Gasteiger partial charge in [0.15, 0.2) is 0 Å². The van der Waals surface area contributed by atoms with Gasteiger partial charge in [0, 0.05) is 18.5 Å². The number of rotatable bonds is 8. The molecule has 2 N–H and O–H groups in total. The van der Waals surface area contributed by atoms with Gasteiger partial charge in [-0.2, -0.15) is 0 Å². The van der Waals surface area contributed by atoms with Crippen molar-refractivity contribution in [3.63, 3.8) is 0 Å². The van der Waals surface area contributed by atoms with E-state index in [0.717, 1.165) is 6.54 Å². The van der Waals surface area contributed by atoms with Crippen LogP contribution in [-0.2, 0) is 4.79 Å². The van der Waals surface area contributed by atoms with Crippen LogP contribution in [0.4, 0.5) is 0 Å². The predicted molar refractivity (Wildman–Crippen MR) is 114 cm³/mol. The van der Waals surface area contributed by atoms with Crippen molar-refractivity contribution >= 4 is 12.0 Å². The van der Waals surface area contributed by atoms with Gasteiger partial charge in [0.25, 0.3) is 0 Å². The summed E-state index contributed by atoms with van der Waals surface area (Å²) >= 11 is 0. The lowest BCUT2D eigenvalue weighted by Crippen LogP contribution is -2.69. The van der Waals surface area contributed by atoms with Gasteiger partial charge in [0.05, 0.1) is 25.2 Å². The van der Waals surface area contributed by atoms with E-state index in [1.54, 1.807) is 0 Å². The molecule has 2 fully saturated rings. The van der Waals surface area contributed by atoms with Gasteiger partial charge in [0.1, 0.15) is 0 Å². The zero-order valence-corrected chi connectivity index (χ0v) is 17.5. The first kappa shape index (κ1) is 21.0. The lowest BCUT2D eigenvalue weighted by molar-refractivity contribution is -0.151. The van der Waals surface area contributed by atoms with Crippen molar-refractivity contribution in [1.29, 1.82) is 0 Å². The standard InChI is InChI=1S/C23H35N3O2/c1-4-7-17-10-12-18(13-11-17)23-20(14-24-19-8-5-6-9-19)26(21(23)16-27)22(28)15-25(2)3/h4,7,10-13,19-21,23-24,27H,5-6,8-9,14-16H2,1-3H3/b7-4+/t20-,21-,23-/m1/s1. The van der Waals surface area contributed by atoms with Crippen LogP contribution >= 0.6 is 0 Å². The molecule has 1 heterocycles. The number of carbonyl (C=O) groups excluding carboxylic acids is 1. The molecule has 1 aliphatic carbocycles. The highest BCUT2D eigenvalue weighted by Gasteiger charge is 2.50. The summed E-state index contributed by atoms with van der Waals surface area (Å²) in [6.45, 7) is 3.19. The number of hydrogen-bond acceptors (Lipinski definition) is 4. The molecule has 3 rings (SSSR count). The van der Waals surface area contributed by atoms with Crippen LogP contribution in [0.25, 0.3) is 6.08 Å². The van der Waals surface area contributed by atoms with Crippen molar-refractivity contribution in [1.82, 2.24) is 15.1 Å². The number of nitrogens with zero attached hydrogens (tertiary/aromatic N) is 2. The van der Waals surface area contributed by atoms with Gasteiger partial charge in [-0.25, -0.2) is 0 Å². The molecule has 0 spiro atoms. The molecule has 0 radical (unpaired) electrons. The fraction of sp³-hybridized carbons (Fsp3) is 0.609. The molecule has 0 bridgehead atoms. The predicted octanol–water partition coefficient (Wildman–Crippen LogP) is 2.47. The zero-order chi connectivity index (χ0) is 20.1. The minimum absolute atomic E-state index is 0.000375. The monoisotopic (exact) mass is 385 g/mol. The number of aliphatic hydroxyl groups is 1. The third kappa shape index (κ3) is 4.65. The Bertz CT molecular complexity index is 665. The zero-order valence-electron chi connectivity index (χ0n) is 17.5. The molecule has 1 amide bonds. The van der Waals surface area contributed by atoms with E-state index in [-0.39, 0.29) is 30.5 Å². The normalized spacial score (nSPS) is 25.6. The van der Waals surface area contributed by atoms with Gasteiger partial charge in [-0.05, 0) is 45.0 Å². The summed E-state index contributed by atoms with van der Waals surface area (Å²) in [6.07, 6.45) is 9.15. The van der Waals surface area contributed by atoms with Gasteiger partial charge in [0.2, 0.25) is 5.91 Å². The summed E-state index contributed by atoms with van der Waals surface area (Å²) in [6, 6.07) is 9.06. The molecule has 5 nitrogen and oxygen atoms in total. The average Bonchev–Trinajstić information content (AvgIpc) is 3.15. The minimum Gasteiger partial charge on any atom is -0.394 e. The summed E-state index contributed by atoms with van der Waals surface area (Å²) in [5, 5.41) is 13.8. The quantitative estimate of drug-likeness (QED) is 0.722. The SMILES string of the molecule is C/C=C/c1ccc([C@H]2[C@@H](CO)N(C(=O)CN(C)C)[C@@H]2CNC2CCCC2)cc1. The number of likely N-dealkylation sites (N-methyl/N-ethyl adjacent to an activating group) is 1. The number of hydrogen-bond donors (Lipinski definition) is 2. The summed E-state index contributed by atoms with van der Waals surface area (Å²) < 4.78 is 0. The van der Waals surface area contributed by atoms with E-state index in [1.807, 2.05) is 36.9 Å². The second-order valence-corrected chi connectivity index (χ2v) is 8.44. The largest absolute Gasteiger partial charge is 0.394 e. The maximum atomic E-state index is 12.9. The van der Waals surface area contributed by atoms with E-state index < -0.39 is 0 Å². The molecule has 28 heavy (non-hydrogen) atoms. The van der Waals surface area contributed by atoms with E-state index in [4.69, 9.17) is 0 Å². The summed E-state index contributed by atoms with van der Waals surface area (Å²) in [4.78, 5) is 16.7. The number of likely N-dealkylation sites (tertiary alicyclic amines) is 1. The highest BCUT2D eigenvalue weighted by molar-refractivity contribution is 5.80. The summed E-state index contributed by atoms with van der Waals surface area (Å²) in [5.41, 5.74) is 2.38. The van der Waals surface area contributed by atoms with Gasteiger partial charge in [-0.3, -0.25) is 4.79 Å². The maximum absolute atomic E-state index is 12.9. The Morgan fingerprint density at radius 1 is 1.21 bits per heavy atom. The van der Waals surface area contributed by atoms with Gasteiger partial charge >= 0.3 is 0 Å². The number of benzene rings is 1. The van der Waals surface area contributed by atoms with Crippen LogP contribution in [0.15, 0.2) is 30.3 Å². The fourth-order valence-corrected chi connectivity index (χ4v) is 4.78. The second-order valence-electron chi connectivity index (χ2n) is 8.44. The number of nitrogens with one attached hydrogen (secondary N) is 1. The number of allylic oxidation sites excluding steroid dienone is 1. The highest BCUT2D eigenvalue weighted by Crippen LogP contribution is 2.41. The fourth-order valence-electron chi connectivity index (χ4n) is 4.78. The molecule has 1 saturated heterocycles. The molecule has 1 saturated carbocycles. The minimum atomic E-state index is -0.143. The Morgan fingerprint density at radius 3 is 2.46 bits per heavy atom. The third-order valence-corrected chi connectivity index (χ3v) is 6.12. The van der Waals surface area contributed by atoms with Crippen molar-refractivity contribution in [2.75, 3.05) is 33.8 Å². The first-order valence-electron chi connectivity index (χ1n) is 10.6. The Morgan fingerprint density at radius 2 is 1.89 bits per heavy atom. The molecule has 0 unspecified atom stereocenters. The Balaban J connectivity index is 1.78. The van der Waals surface area contributed by atoms with Crippen LogP contribution < -0.4 is 5.32 Å². The summed E-state index contributed by atoms with van der Waals surface area (Å²) in [7, 11) is 3.82. The van der Waals surface area contributed by atoms with Crippen LogP contribution in [0.1, 0.15) is 49.7 Å². The van der Waals surface area contributed by atoms with Crippen LogP contribution in [0.3, 0.4) is 0 Å². The first-order chi connectivity index (χ1) is 13.5. The second kappa shape index (κ2) is 9.68. The van der Waals surface area contributed by atoms with Gasteiger partial charge < -0.3 is 20.2 Å². The highest BCUT2D eigenvalue weighted by atomic mass is 16.3. The molecular weight excluding hydrogens is 350 g/mol. The van der Waals surface area contributed by atoms with Gasteiger partial charge in [-0.15, -0.1) is 0 Å². The molecule has 1 aromatic rings. The lowest BCUT2D eigenvalue weighted by Gasteiger charge is -2.55. The van der Waals surface area contributed by atoms with E-state index in [2.05, 4.69) is 35.7 Å². The van der Waals surface area contributed by atoms with Crippen LogP contribution in [0.2, 0.25) is 0 Å². The topological polar surface area (TPSA) is 55.8 Å². The Kier molecular flexibility index (Phi) is 7.27. The molecular formula is C23H35N3O2. The van der Waals surface area contributed by atoms with Crippen LogP contribution in [-0.4, -0.2) is 72.7 Å². The molecule has 2 aliphatic rings. The van der Waals surface area contributed by atoms with Crippen molar-refractivity contribution in [2.24, 2.45) is 0 Å². The lowest BCUT2D eigenvalue weighted by atomic mass is 9.74. The maximum Gasteiger partial charge on any atom is 0.237 e. The molecule has 5 heteroatoms. The van der Waals surface area contributed by atoms with Crippen molar-refractivity contribution < 1.29 is 9.90 Å². The third-order valence-electron chi connectivity index (χ3n) is 6.12. The average molecular weight is 386 g/mol.